The van der Waals surface area contributed by atoms with E-state index in [-0.39, 0.29) is 18.4 Å². The van der Waals surface area contributed by atoms with Crippen molar-refractivity contribution in [3.8, 4) is 5.75 Å². The molecular formula is C19H23N3O3. The van der Waals surface area contributed by atoms with Crippen molar-refractivity contribution in [3.05, 3.63) is 59.7 Å². The predicted molar refractivity (Wildman–Crippen MR) is 97.6 cm³/mol. The van der Waals surface area contributed by atoms with Crippen LogP contribution in [0.3, 0.4) is 0 Å². The molecule has 0 aliphatic rings. The predicted octanol–water partition coefficient (Wildman–Crippen LogP) is 2.02. The molecule has 0 unspecified atom stereocenters. The fourth-order valence-corrected chi connectivity index (χ4v) is 2.41. The molecule has 0 saturated carbocycles. The van der Waals surface area contributed by atoms with Crippen LogP contribution in [0.4, 0.5) is 5.69 Å². The highest BCUT2D eigenvalue weighted by atomic mass is 16.5. The van der Waals surface area contributed by atoms with E-state index in [0.717, 1.165) is 11.1 Å². The molecule has 3 N–H and O–H groups in total. The fourth-order valence-electron chi connectivity index (χ4n) is 2.41. The first-order chi connectivity index (χ1) is 12.0. The summed E-state index contributed by atoms with van der Waals surface area (Å²) >= 11 is 0. The lowest BCUT2D eigenvalue weighted by Gasteiger charge is -2.19. The highest BCUT2D eigenvalue weighted by Gasteiger charge is 2.22. The monoisotopic (exact) mass is 341 g/mol. The third-order valence-electron chi connectivity index (χ3n) is 3.75. The summed E-state index contributed by atoms with van der Waals surface area (Å²) in [6.45, 7) is 1.97. The van der Waals surface area contributed by atoms with E-state index in [2.05, 4.69) is 16.0 Å². The van der Waals surface area contributed by atoms with Gasteiger partial charge in [-0.3, -0.25) is 14.9 Å². The maximum absolute atomic E-state index is 12.8. The van der Waals surface area contributed by atoms with Gasteiger partial charge < -0.3 is 15.4 Å². The number of ether oxygens (including phenoxy) is 1. The second-order valence-electron chi connectivity index (χ2n) is 5.59. The Morgan fingerprint density at radius 3 is 2.48 bits per heavy atom. The molecule has 0 aliphatic carbocycles. The third kappa shape index (κ3) is 5.06. The molecule has 2 rings (SSSR count). The average Bonchev–Trinajstić information content (AvgIpc) is 2.62. The molecule has 0 fully saturated rings. The van der Waals surface area contributed by atoms with Crippen molar-refractivity contribution in [2.75, 3.05) is 26.0 Å². The molecule has 1 atom stereocenters. The molecule has 0 aliphatic heterocycles. The molecule has 0 spiro atoms. The van der Waals surface area contributed by atoms with Crippen LogP contribution in [0, 0.1) is 6.92 Å². The summed E-state index contributed by atoms with van der Waals surface area (Å²) in [4.78, 5) is 24.4. The van der Waals surface area contributed by atoms with Crippen LogP contribution >= 0.6 is 0 Å². The second-order valence-corrected chi connectivity index (χ2v) is 5.59. The Hall–Kier alpha value is -2.86. The number of hydrogen-bond acceptors (Lipinski definition) is 4. The van der Waals surface area contributed by atoms with Crippen LogP contribution in [0.2, 0.25) is 0 Å². The molecule has 2 aromatic rings. The topological polar surface area (TPSA) is 79.5 Å². The molecule has 2 amide bonds. The molecule has 132 valence electrons. The first-order valence-corrected chi connectivity index (χ1v) is 7.99. The normalized spacial score (nSPS) is 11.5. The Balaban J connectivity index is 2.23. The van der Waals surface area contributed by atoms with Crippen LogP contribution in [-0.2, 0) is 9.59 Å². The molecule has 6 nitrogen and oxygen atoms in total. The number of carbonyl (C=O) groups is 2. The van der Waals surface area contributed by atoms with Crippen LogP contribution in [0.1, 0.15) is 17.2 Å². The molecule has 6 heteroatoms. The lowest BCUT2D eigenvalue weighted by molar-refractivity contribution is -0.120. The summed E-state index contributed by atoms with van der Waals surface area (Å²) in [5.41, 5.74) is 2.37. The molecule has 0 heterocycles. The van der Waals surface area contributed by atoms with E-state index in [0.29, 0.717) is 11.4 Å². The van der Waals surface area contributed by atoms with Crippen molar-refractivity contribution < 1.29 is 14.3 Å². The van der Waals surface area contributed by atoms with E-state index in [1.165, 1.54) is 0 Å². The van der Waals surface area contributed by atoms with Gasteiger partial charge in [-0.05, 0) is 30.2 Å². The minimum Gasteiger partial charge on any atom is -0.495 e. The number of likely N-dealkylation sites (N-methyl/N-ethyl adjacent to an activating group) is 1. The quantitative estimate of drug-likeness (QED) is 0.720. The van der Waals surface area contributed by atoms with E-state index < -0.39 is 6.04 Å². The first-order valence-electron chi connectivity index (χ1n) is 7.99. The zero-order chi connectivity index (χ0) is 18.2. The number of anilines is 1. The van der Waals surface area contributed by atoms with Crippen LogP contribution < -0.4 is 20.7 Å². The molecule has 0 bridgehead atoms. The number of methoxy groups -OCH3 is 1. The fraction of sp³-hybridized carbons (Fsp3) is 0.263. The zero-order valence-corrected chi connectivity index (χ0v) is 14.6. The largest absolute Gasteiger partial charge is 0.495 e. The Kier molecular flexibility index (Phi) is 6.54. The molecule has 0 radical (unpaired) electrons. The van der Waals surface area contributed by atoms with Gasteiger partial charge in [0.2, 0.25) is 11.8 Å². The Labute approximate surface area is 147 Å². The second kappa shape index (κ2) is 8.84. The van der Waals surface area contributed by atoms with E-state index in [1.54, 1.807) is 20.2 Å². The SMILES string of the molecule is CNC(=O)CN[C@H](C(=O)Nc1cc(C)ccc1OC)c1ccccc1. The Bertz CT molecular complexity index is 732. The maximum Gasteiger partial charge on any atom is 0.246 e. The van der Waals surface area contributed by atoms with Gasteiger partial charge in [-0.1, -0.05) is 36.4 Å². The summed E-state index contributed by atoms with van der Waals surface area (Å²) in [7, 11) is 3.11. The van der Waals surface area contributed by atoms with E-state index in [4.69, 9.17) is 4.74 Å². The van der Waals surface area contributed by atoms with Crippen molar-refractivity contribution in [1.29, 1.82) is 0 Å². The van der Waals surface area contributed by atoms with Crippen LogP contribution in [-0.4, -0.2) is 32.5 Å². The number of amides is 2. The minimum absolute atomic E-state index is 0.0361. The minimum atomic E-state index is -0.663. The highest BCUT2D eigenvalue weighted by molar-refractivity contribution is 5.97. The van der Waals surface area contributed by atoms with Crippen LogP contribution in [0.15, 0.2) is 48.5 Å². The lowest BCUT2D eigenvalue weighted by atomic mass is 10.1. The number of hydrogen-bond donors (Lipinski definition) is 3. The van der Waals surface area contributed by atoms with Gasteiger partial charge in [-0.15, -0.1) is 0 Å². The number of nitrogens with one attached hydrogen (secondary N) is 3. The van der Waals surface area contributed by atoms with Gasteiger partial charge in [-0.25, -0.2) is 0 Å². The number of rotatable bonds is 7. The maximum atomic E-state index is 12.8. The van der Waals surface area contributed by atoms with Gasteiger partial charge in [0.05, 0.1) is 19.3 Å². The number of aryl methyl sites for hydroxylation is 1. The van der Waals surface area contributed by atoms with Gasteiger partial charge in [-0.2, -0.15) is 0 Å². The van der Waals surface area contributed by atoms with Gasteiger partial charge in [0.1, 0.15) is 11.8 Å². The van der Waals surface area contributed by atoms with Crippen molar-refractivity contribution in [3.63, 3.8) is 0 Å². The molecule has 0 saturated heterocycles. The van der Waals surface area contributed by atoms with Crippen LogP contribution in [0.5, 0.6) is 5.75 Å². The smallest absolute Gasteiger partial charge is 0.246 e. The molecule has 25 heavy (non-hydrogen) atoms. The first kappa shape index (κ1) is 18.5. The molecule has 2 aromatic carbocycles. The zero-order valence-electron chi connectivity index (χ0n) is 14.6. The number of carbonyl (C=O) groups excluding carboxylic acids is 2. The van der Waals surface area contributed by atoms with E-state index >= 15 is 0 Å². The number of benzene rings is 2. The Morgan fingerprint density at radius 2 is 1.84 bits per heavy atom. The highest BCUT2D eigenvalue weighted by Crippen LogP contribution is 2.26. The van der Waals surface area contributed by atoms with E-state index in [1.807, 2.05) is 49.4 Å². The summed E-state index contributed by atoms with van der Waals surface area (Å²) in [5, 5.41) is 8.41. The summed E-state index contributed by atoms with van der Waals surface area (Å²) in [5.74, 6) is 0.123. The average molecular weight is 341 g/mol. The van der Waals surface area contributed by atoms with Gasteiger partial charge in [0.25, 0.3) is 0 Å². The standard InChI is InChI=1S/C19H23N3O3/c1-13-9-10-16(25-3)15(11-13)22-19(24)18(21-12-17(23)20-2)14-7-5-4-6-8-14/h4-11,18,21H,12H2,1-3H3,(H,20,23)(H,22,24)/t18-/m0/s1. The van der Waals surface area contributed by atoms with Gasteiger partial charge >= 0.3 is 0 Å². The van der Waals surface area contributed by atoms with Crippen molar-refractivity contribution in [1.82, 2.24) is 10.6 Å². The third-order valence-corrected chi connectivity index (χ3v) is 3.75. The molecule has 0 aromatic heterocycles. The van der Waals surface area contributed by atoms with Gasteiger partial charge in [0, 0.05) is 7.05 Å². The lowest BCUT2D eigenvalue weighted by Crippen LogP contribution is -2.39. The summed E-state index contributed by atoms with van der Waals surface area (Å²) < 4.78 is 5.30. The van der Waals surface area contributed by atoms with Gasteiger partial charge in [0.15, 0.2) is 0 Å². The van der Waals surface area contributed by atoms with Crippen molar-refractivity contribution >= 4 is 17.5 Å². The van der Waals surface area contributed by atoms with Crippen molar-refractivity contribution in [2.24, 2.45) is 0 Å². The van der Waals surface area contributed by atoms with Crippen LogP contribution in [0.25, 0.3) is 0 Å². The summed E-state index contributed by atoms with van der Waals surface area (Å²) in [6.07, 6.45) is 0. The summed E-state index contributed by atoms with van der Waals surface area (Å²) in [6, 6.07) is 14.2. The van der Waals surface area contributed by atoms with E-state index in [9.17, 15) is 9.59 Å². The van der Waals surface area contributed by atoms with Crippen molar-refractivity contribution in [2.45, 2.75) is 13.0 Å². The molecular weight excluding hydrogens is 318 g/mol. The Morgan fingerprint density at radius 1 is 1.12 bits per heavy atom.